The molecular weight excluding hydrogens is 288 g/mol. The predicted octanol–water partition coefficient (Wildman–Crippen LogP) is 2.03. The van der Waals surface area contributed by atoms with Gasteiger partial charge in [0.25, 0.3) is 5.91 Å². The van der Waals surface area contributed by atoms with Crippen molar-refractivity contribution in [1.82, 2.24) is 5.32 Å². The largest absolute Gasteiger partial charge is 0.486 e. The normalized spacial score (nSPS) is 13.6. The first kappa shape index (κ1) is 15.6. The lowest BCUT2D eigenvalue weighted by Crippen LogP contribution is -2.55. The number of fused-ring (bicyclic) bond motifs is 1. The summed E-state index contributed by atoms with van der Waals surface area (Å²) in [4.78, 5) is 12.7. The van der Waals surface area contributed by atoms with Crippen LogP contribution >= 0.6 is 12.2 Å². The van der Waals surface area contributed by atoms with E-state index in [0.29, 0.717) is 48.1 Å². The summed E-state index contributed by atoms with van der Waals surface area (Å²) in [5.74, 6) is 1.02. The molecule has 2 rings (SSSR count). The molecule has 0 spiro atoms. The number of hydrogen-bond acceptors (Lipinski definition) is 4. The molecular formula is C15H20N2O3S. The van der Waals surface area contributed by atoms with Crippen molar-refractivity contribution in [2.24, 2.45) is 5.73 Å². The third-order valence-corrected chi connectivity index (χ3v) is 4.23. The van der Waals surface area contributed by atoms with Gasteiger partial charge in [0.2, 0.25) is 0 Å². The minimum absolute atomic E-state index is 0.219. The van der Waals surface area contributed by atoms with E-state index in [0.717, 1.165) is 0 Å². The zero-order chi connectivity index (χ0) is 15.5. The highest BCUT2D eigenvalue weighted by Gasteiger charge is 2.32. The Labute approximate surface area is 129 Å². The molecule has 1 heterocycles. The molecule has 1 aromatic rings. The van der Waals surface area contributed by atoms with Crippen LogP contribution in [0.3, 0.4) is 0 Å². The number of amides is 1. The van der Waals surface area contributed by atoms with Crippen molar-refractivity contribution in [3.05, 3.63) is 23.8 Å². The fourth-order valence-corrected chi connectivity index (χ4v) is 2.65. The Morgan fingerprint density at radius 1 is 1.29 bits per heavy atom. The van der Waals surface area contributed by atoms with Gasteiger partial charge in [-0.1, -0.05) is 26.1 Å². The lowest BCUT2D eigenvalue weighted by atomic mass is 9.92. The number of carbonyl (C=O) groups is 1. The zero-order valence-corrected chi connectivity index (χ0v) is 13.1. The van der Waals surface area contributed by atoms with E-state index >= 15 is 0 Å². The molecule has 0 atom stereocenters. The van der Waals surface area contributed by atoms with Crippen LogP contribution in [-0.2, 0) is 0 Å². The second kappa shape index (κ2) is 6.30. The number of nitrogens with one attached hydrogen (secondary N) is 1. The van der Waals surface area contributed by atoms with E-state index in [1.54, 1.807) is 18.2 Å². The molecule has 0 unspecified atom stereocenters. The van der Waals surface area contributed by atoms with E-state index in [-0.39, 0.29) is 5.91 Å². The minimum atomic E-state index is -0.653. The van der Waals surface area contributed by atoms with Crippen molar-refractivity contribution < 1.29 is 14.3 Å². The molecule has 0 bridgehead atoms. The SMILES string of the molecule is CCC(CC)(NC(=O)c1ccc2c(c1)OCCO2)C(N)=S. The molecule has 1 aliphatic rings. The monoisotopic (exact) mass is 308 g/mol. The maximum atomic E-state index is 12.4. The Hall–Kier alpha value is -1.82. The van der Waals surface area contributed by atoms with Crippen molar-refractivity contribution in [3.8, 4) is 11.5 Å². The van der Waals surface area contributed by atoms with Gasteiger partial charge in [-0.15, -0.1) is 0 Å². The quantitative estimate of drug-likeness (QED) is 0.814. The summed E-state index contributed by atoms with van der Waals surface area (Å²) in [7, 11) is 0. The van der Waals surface area contributed by atoms with Gasteiger partial charge in [-0.3, -0.25) is 4.79 Å². The highest BCUT2D eigenvalue weighted by atomic mass is 32.1. The van der Waals surface area contributed by atoms with Crippen LogP contribution in [0.25, 0.3) is 0 Å². The summed E-state index contributed by atoms with van der Waals surface area (Å²) < 4.78 is 10.9. The van der Waals surface area contributed by atoms with Crippen LogP contribution in [-0.4, -0.2) is 29.6 Å². The third-order valence-electron chi connectivity index (χ3n) is 3.84. The number of carbonyl (C=O) groups excluding carboxylic acids is 1. The Morgan fingerprint density at radius 3 is 2.48 bits per heavy atom. The topological polar surface area (TPSA) is 73.6 Å². The number of nitrogens with two attached hydrogens (primary N) is 1. The number of thiocarbonyl (C=S) groups is 1. The number of hydrogen-bond donors (Lipinski definition) is 2. The maximum Gasteiger partial charge on any atom is 0.252 e. The van der Waals surface area contributed by atoms with Crippen molar-refractivity contribution in [1.29, 1.82) is 0 Å². The zero-order valence-electron chi connectivity index (χ0n) is 12.3. The molecule has 0 saturated heterocycles. The number of ether oxygens (including phenoxy) is 2. The summed E-state index contributed by atoms with van der Waals surface area (Å²) in [6.45, 7) is 4.91. The Morgan fingerprint density at radius 2 is 1.90 bits per heavy atom. The second-order valence-corrected chi connectivity index (χ2v) is 5.41. The molecule has 1 aromatic carbocycles. The van der Waals surface area contributed by atoms with Crippen molar-refractivity contribution >= 4 is 23.1 Å². The first-order valence-corrected chi connectivity index (χ1v) is 7.45. The summed E-state index contributed by atoms with van der Waals surface area (Å²) >= 11 is 5.11. The van der Waals surface area contributed by atoms with Gasteiger partial charge in [-0.2, -0.15) is 0 Å². The number of rotatable bonds is 5. The van der Waals surface area contributed by atoms with Gasteiger partial charge < -0.3 is 20.5 Å². The van der Waals surface area contributed by atoms with Crippen LogP contribution in [0.15, 0.2) is 18.2 Å². The summed E-state index contributed by atoms with van der Waals surface area (Å²) in [5, 5.41) is 2.95. The fourth-order valence-electron chi connectivity index (χ4n) is 2.31. The predicted molar refractivity (Wildman–Crippen MR) is 85.0 cm³/mol. The minimum Gasteiger partial charge on any atom is -0.486 e. The first-order valence-electron chi connectivity index (χ1n) is 7.04. The van der Waals surface area contributed by atoms with E-state index in [4.69, 9.17) is 27.4 Å². The van der Waals surface area contributed by atoms with Crippen LogP contribution in [0, 0.1) is 0 Å². The van der Waals surface area contributed by atoms with Gasteiger partial charge in [0.05, 0.1) is 10.5 Å². The maximum absolute atomic E-state index is 12.4. The lowest BCUT2D eigenvalue weighted by molar-refractivity contribution is 0.0918. The van der Waals surface area contributed by atoms with Gasteiger partial charge in [-0.05, 0) is 31.0 Å². The van der Waals surface area contributed by atoms with Gasteiger partial charge in [0.15, 0.2) is 11.5 Å². The van der Waals surface area contributed by atoms with Crippen molar-refractivity contribution in [2.45, 2.75) is 32.2 Å². The molecule has 0 radical (unpaired) electrons. The molecule has 5 nitrogen and oxygen atoms in total. The number of benzene rings is 1. The van der Waals surface area contributed by atoms with Gasteiger partial charge >= 0.3 is 0 Å². The van der Waals surface area contributed by atoms with Crippen LogP contribution in [0.4, 0.5) is 0 Å². The van der Waals surface area contributed by atoms with Gasteiger partial charge in [0.1, 0.15) is 13.2 Å². The summed E-state index contributed by atoms with van der Waals surface area (Å²) in [6, 6.07) is 5.13. The lowest BCUT2D eigenvalue weighted by Gasteiger charge is -2.31. The molecule has 0 fully saturated rings. The Bertz CT molecular complexity index is 556. The molecule has 0 aromatic heterocycles. The van der Waals surface area contributed by atoms with E-state index < -0.39 is 5.54 Å². The Balaban J connectivity index is 2.22. The fraction of sp³-hybridized carbons (Fsp3) is 0.467. The molecule has 0 saturated carbocycles. The summed E-state index contributed by atoms with van der Waals surface area (Å²) in [6.07, 6.45) is 1.30. The molecule has 0 aliphatic carbocycles. The van der Waals surface area contributed by atoms with E-state index in [1.807, 2.05) is 13.8 Å². The van der Waals surface area contributed by atoms with E-state index in [2.05, 4.69) is 5.32 Å². The van der Waals surface area contributed by atoms with Crippen molar-refractivity contribution in [3.63, 3.8) is 0 Å². The van der Waals surface area contributed by atoms with Crippen LogP contribution < -0.4 is 20.5 Å². The average molecular weight is 308 g/mol. The Kier molecular flexibility index (Phi) is 4.67. The molecule has 21 heavy (non-hydrogen) atoms. The van der Waals surface area contributed by atoms with E-state index in [9.17, 15) is 4.79 Å². The smallest absolute Gasteiger partial charge is 0.252 e. The average Bonchev–Trinajstić information content (AvgIpc) is 2.51. The first-order chi connectivity index (χ1) is 10.0. The molecule has 114 valence electrons. The highest BCUT2D eigenvalue weighted by Crippen LogP contribution is 2.31. The molecule has 1 aliphatic heterocycles. The second-order valence-electron chi connectivity index (χ2n) is 4.97. The van der Waals surface area contributed by atoms with Crippen LogP contribution in [0.1, 0.15) is 37.0 Å². The van der Waals surface area contributed by atoms with Gasteiger partial charge in [-0.25, -0.2) is 0 Å². The molecule has 6 heteroatoms. The van der Waals surface area contributed by atoms with Crippen LogP contribution in [0.5, 0.6) is 11.5 Å². The molecule has 3 N–H and O–H groups in total. The third kappa shape index (κ3) is 3.10. The standard InChI is InChI=1S/C15H20N2O3S/c1-3-15(4-2,14(16)21)17-13(18)10-5-6-11-12(9-10)20-8-7-19-11/h5-6,9H,3-4,7-8H2,1-2H3,(H2,16,21)(H,17,18). The highest BCUT2D eigenvalue weighted by molar-refractivity contribution is 7.80. The van der Waals surface area contributed by atoms with Gasteiger partial charge in [0, 0.05) is 5.56 Å². The summed E-state index contributed by atoms with van der Waals surface area (Å²) in [5.41, 5.74) is 5.65. The van der Waals surface area contributed by atoms with E-state index in [1.165, 1.54) is 0 Å². The van der Waals surface area contributed by atoms with Crippen LogP contribution in [0.2, 0.25) is 0 Å². The molecule has 1 amide bonds. The van der Waals surface area contributed by atoms with Crippen molar-refractivity contribution in [2.75, 3.05) is 13.2 Å².